The van der Waals surface area contributed by atoms with Gasteiger partial charge in [-0.05, 0) is 40.3 Å². The molecule has 5 nitrogen and oxygen atoms in total. The van der Waals surface area contributed by atoms with Crippen molar-refractivity contribution in [1.82, 2.24) is 25.2 Å². The smallest absolute Gasteiger partial charge is 0.143 e. The molecule has 0 bridgehead atoms. The van der Waals surface area contributed by atoms with Crippen LogP contribution in [0.25, 0.3) is 15.9 Å². The highest BCUT2D eigenvalue weighted by molar-refractivity contribution is 7.18. The van der Waals surface area contributed by atoms with Gasteiger partial charge in [0.2, 0.25) is 0 Å². The van der Waals surface area contributed by atoms with E-state index in [0.717, 1.165) is 22.6 Å². The van der Waals surface area contributed by atoms with Crippen LogP contribution in [-0.4, -0.2) is 25.2 Å². The van der Waals surface area contributed by atoms with E-state index in [1.165, 1.54) is 10.3 Å². The summed E-state index contributed by atoms with van der Waals surface area (Å²) in [4.78, 5) is 4.67. The maximum Gasteiger partial charge on any atom is 0.143 e. The van der Waals surface area contributed by atoms with Crippen molar-refractivity contribution in [2.75, 3.05) is 0 Å². The summed E-state index contributed by atoms with van der Waals surface area (Å²) in [6, 6.07) is 16.4. The summed E-state index contributed by atoms with van der Waals surface area (Å²) in [5, 5.41) is 12.4. The number of rotatable bonds is 3. The van der Waals surface area contributed by atoms with Gasteiger partial charge in [-0.3, -0.25) is 0 Å². The first kappa shape index (κ1) is 12.2. The van der Waals surface area contributed by atoms with Crippen molar-refractivity contribution in [3.8, 4) is 5.69 Å². The van der Waals surface area contributed by atoms with Crippen molar-refractivity contribution in [3.05, 3.63) is 65.4 Å². The molecule has 2 heterocycles. The molecule has 0 saturated heterocycles. The Balaban J connectivity index is 1.66. The minimum absolute atomic E-state index is 0.815. The topological polar surface area (TPSA) is 56.5 Å². The van der Waals surface area contributed by atoms with Crippen LogP contribution in [0.4, 0.5) is 0 Å². The van der Waals surface area contributed by atoms with Crippen LogP contribution in [-0.2, 0) is 6.42 Å². The highest BCUT2D eigenvalue weighted by atomic mass is 32.1. The molecule has 102 valence electrons. The van der Waals surface area contributed by atoms with Gasteiger partial charge in [0.15, 0.2) is 0 Å². The van der Waals surface area contributed by atoms with E-state index in [-0.39, 0.29) is 0 Å². The third-order valence-electron chi connectivity index (χ3n) is 3.22. The molecule has 0 unspecified atom stereocenters. The summed E-state index contributed by atoms with van der Waals surface area (Å²) >= 11 is 1.74. The van der Waals surface area contributed by atoms with E-state index >= 15 is 0 Å². The lowest BCUT2D eigenvalue weighted by molar-refractivity contribution is 0.788. The van der Waals surface area contributed by atoms with E-state index in [1.807, 2.05) is 30.3 Å². The molecule has 4 aromatic rings. The molecular formula is C15H11N5S. The van der Waals surface area contributed by atoms with Gasteiger partial charge in [0.25, 0.3) is 0 Å². The van der Waals surface area contributed by atoms with E-state index in [2.05, 4.69) is 38.7 Å². The van der Waals surface area contributed by atoms with Gasteiger partial charge < -0.3 is 0 Å². The molecule has 0 radical (unpaired) electrons. The zero-order valence-electron chi connectivity index (χ0n) is 11.0. The van der Waals surface area contributed by atoms with E-state index < -0.39 is 0 Å². The van der Waals surface area contributed by atoms with Gasteiger partial charge in [0, 0.05) is 6.42 Å². The van der Waals surface area contributed by atoms with Crippen LogP contribution in [0.2, 0.25) is 0 Å². The third-order valence-corrected chi connectivity index (χ3v) is 4.25. The maximum absolute atomic E-state index is 4.67. The molecule has 0 aliphatic carbocycles. The van der Waals surface area contributed by atoms with Crippen molar-refractivity contribution < 1.29 is 0 Å². The quantitative estimate of drug-likeness (QED) is 0.583. The van der Waals surface area contributed by atoms with Gasteiger partial charge in [0.05, 0.1) is 20.9 Å². The Hall–Kier alpha value is -2.60. The van der Waals surface area contributed by atoms with Gasteiger partial charge in [0.1, 0.15) is 6.33 Å². The lowest BCUT2D eigenvalue weighted by Crippen LogP contribution is -1.96. The summed E-state index contributed by atoms with van der Waals surface area (Å²) in [5.41, 5.74) is 3.22. The van der Waals surface area contributed by atoms with Crippen molar-refractivity contribution in [1.29, 1.82) is 0 Å². The normalized spacial score (nSPS) is 11.0. The average molecular weight is 293 g/mol. The van der Waals surface area contributed by atoms with Crippen LogP contribution in [0.15, 0.2) is 54.9 Å². The molecule has 0 spiro atoms. The number of hydrogen-bond donors (Lipinski definition) is 0. The van der Waals surface area contributed by atoms with Gasteiger partial charge >= 0.3 is 0 Å². The number of para-hydroxylation sites is 1. The number of fused-ring (bicyclic) bond motifs is 1. The van der Waals surface area contributed by atoms with Crippen molar-refractivity contribution in [2.45, 2.75) is 6.42 Å². The van der Waals surface area contributed by atoms with Crippen molar-refractivity contribution in [3.63, 3.8) is 0 Å². The molecule has 4 rings (SSSR count). The molecule has 2 aromatic carbocycles. The Morgan fingerprint density at radius 2 is 2.00 bits per heavy atom. The van der Waals surface area contributed by atoms with E-state index in [1.54, 1.807) is 22.3 Å². The van der Waals surface area contributed by atoms with Crippen molar-refractivity contribution >= 4 is 21.6 Å². The molecule has 0 aliphatic heterocycles. The summed E-state index contributed by atoms with van der Waals surface area (Å²) in [7, 11) is 0. The fourth-order valence-electron chi connectivity index (χ4n) is 2.26. The summed E-state index contributed by atoms with van der Waals surface area (Å²) in [6.07, 6.45) is 2.41. The Kier molecular flexibility index (Phi) is 2.93. The summed E-state index contributed by atoms with van der Waals surface area (Å²) in [5.74, 6) is 0. The maximum atomic E-state index is 4.67. The van der Waals surface area contributed by atoms with Gasteiger partial charge in [-0.15, -0.1) is 16.4 Å². The number of aromatic nitrogens is 5. The number of tetrazole rings is 1. The summed E-state index contributed by atoms with van der Waals surface area (Å²) < 4.78 is 2.88. The van der Waals surface area contributed by atoms with Crippen LogP contribution in [0.5, 0.6) is 0 Å². The number of hydrogen-bond acceptors (Lipinski definition) is 5. The summed E-state index contributed by atoms with van der Waals surface area (Å²) in [6.45, 7) is 0. The second kappa shape index (κ2) is 5.06. The average Bonchev–Trinajstić information content (AvgIpc) is 3.16. The van der Waals surface area contributed by atoms with Gasteiger partial charge in [-0.2, -0.15) is 0 Å². The lowest BCUT2D eigenvalue weighted by atomic mass is 10.1. The minimum Gasteiger partial charge on any atom is -0.241 e. The molecule has 6 heteroatoms. The lowest BCUT2D eigenvalue weighted by Gasteiger charge is -2.02. The standard InChI is InChI=1S/C15H11N5S/c1-2-7-14-13(6-1)17-15(21-14)9-11-4-3-5-12(8-11)20-10-16-18-19-20/h1-8,10H,9H2. The number of benzene rings is 2. The SMILES string of the molecule is c1cc(Cc2nc3ccccc3s2)cc(-n2cnnn2)c1. The molecule has 21 heavy (non-hydrogen) atoms. The second-order valence-electron chi connectivity index (χ2n) is 4.68. The predicted octanol–water partition coefficient (Wildman–Crippen LogP) is 2.86. The molecule has 0 amide bonds. The predicted molar refractivity (Wildman–Crippen MR) is 81.6 cm³/mol. The van der Waals surface area contributed by atoms with Crippen LogP contribution in [0, 0.1) is 0 Å². The Morgan fingerprint density at radius 3 is 2.86 bits per heavy atom. The highest BCUT2D eigenvalue weighted by Crippen LogP contribution is 2.24. The number of nitrogens with zero attached hydrogens (tertiary/aromatic N) is 5. The zero-order valence-corrected chi connectivity index (χ0v) is 11.9. The van der Waals surface area contributed by atoms with Crippen LogP contribution >= 0.6 is 11.3 Å². The molecule has 0 fully saturated rings. The van der Waals surface area contributed by atoms with Gasteiger partial charge in [-0.1, -0.05) is 24.3 Å². The van der Waals surface area contributed by atoms with E-state index in [4.69, 9.17) is 0 Å². The van der Waals surface area contributed by atoms with E-state index in [9.17, 15) is 0 Å². The number of thiazole rings is 1. The van der Waals surface area contributed by atoms with Crippen LogP contribution in [0.3, 0.4) is 0 Å². The second-order valence-corrected chi connectivity index (χ2v) is 5.79. The third kappa shape index (κ3) is 2.41. The fourth-order valence-corrected chi connectivity index (χ4v) is 3.26. The first-order chi connectivity index (χ1) is 10.4. The largest absolute Gasteiger partial charge is 0.241 e. The Morgan fingerprint density at radius 1 is 1.05 bits per heavy atom. The van der Waals surface area contributed by atoms with Crippen LogP contribution in [0.1, 0.15) is 10.6 Å². The van der Waals surface area contributed by atoms with Crippen molar-refractivity contribution in [2.24, 2.45) is 0 Å². The molecule has 0 saturated carbocycles. The monoisotopic (exact) mass is 293 g/mol. The molecule has 0 atom stereocenters. The minimum atomic E-state index is 0.815. The first-order valence-corrected chi connectivity index (χ1v) is 7.37. The van der Waals surface area contributed by atoms with E-state index in [0.29, 0.717) is 0 Å². The Labute approximate surface area is 124 Å². The molecule has 2 aromatic heterocycles. The highest BCUT2D eigenvalue weighted by Gasteiger charge is 2.06. The molecule has 0 N–H and O–H groups in total. The fraction of sp³-hybridized carbons (Fsp3) is 0.0667. The van der Waals surface area contributed by atoms with Gasteiger partial charge in [-0.25, -0.2) is 9.67 Å². The first-order valence-electron chi connectivity index (χ1n) is 6.55. The molecule has 0 aliphatic rings. The molecular weight excluding hydrogens is 282 g/mol. The van der Waals surface area contributed by atoms with Crippen LogP contribution < -0.4 is 0 Å². The Bertz CT molecular complexity index is 849. The zero-order chi connectivity index (χ0) is 14.1.